The van der Waals surface area contributed by atoms with E-state index in [1.165, 1.54) is 0 Å². The van der Waals surface area contributed by atoms with E-state index in [1.807, 2.05) is 0 Å². The van der Waals surface area contributed by atoms with Gasteiger partial charge in [0.25, 0.3) is 0 Å². The van der Waals surface area contributed by atoms with Gasteiger partial charge in [-0.1, -0.05) is 0 Å². The average Bonchev–Trinajstić information content (AvgIpc) is 2.73. The van der Waals surface area contributed by atoms with Gasteiger partial charge in [0.2, 0.25) is 10.0 Å². The molecule has 7 nitrogen and oxygen atoms in total. The van der Waals surface area contributed by atoms with Gasteiger partial charge in [-0.15, -0.1) is 0 Å². The van der Waals surface area contributed by atoms with Crippen LogP contribution in [0.3, 0.4) is 0 Å². The number of aliphatic hydroxyl groups is 1. The number of hydrogen-bond acceptors (Lipinski definition) is 5. The molecule has 0 aliphatic carbocycles. The number of nitrogens with zero attached hydrogens (tertiary/aromatic N) is 1. The molecule has 8 heteroatoms. The normalized spacial score (nSPS) is 31.6. The Kier molecular flexibility index (Phi) is 3.90. The Labute approximate surface area is 105 Å². The molecule has 18 heavy (non-hydrogen) atoms. The molecule has 2 fully saturated rings. The molecule has 0 aromatic rings. The Morgan fingerprint density at radius 2 is 1.89 bits per heavy atom. The molecule has 2 rings (SSSR count). The van der Waals surface area contributed by atoms with Crippen LogP contribution in [0.1, 0.15) is 19.3 Å². The fraction of sp³-hybridized carbons (Fsp3) is 0.900. The largest absolute Gasteiger partial charge is 0.480 e. The number of carboxylic acids is 1. The van der Waals surface area contributed by atoms with E-state index in [2.05, 4.69) is 0 Å². The fourth-order valence-electron chi connectivity index (χ4n) is 2.46. The minimum absolute atomic E-state index is 0.0439. The second-order valence-corrected chi connectivity index (χ2v) is 6.84. The Morgan fingerprint density at radius 1 is 1.28 bits per heavy atom. The molecule has 2 heterocycles. The Bertz CT molecular complexity index is 416. The van der Waals surface area contributed by atoms with Crippen molar-refractivity contribution in [1.82, 2.24) is 4.31 Å². The highest BCUT2D eigenvalue weighted by Gasteiger charge is 2.45. The van der Waals surface area contributed by atoms with Crippen LogP contribution >= 0.6 is 0 Å². The van der Waals surface area contributed by atoms with Gasteiger partial charge in [0.1, 0.15) is 6.04 Å². The average molecular weight is 279 g/mol. The van der Waals surface area contributed by atoms with Crippen molar-refractivity contribution in [2.75, 3.05) is 19.8 Å². The topological polar surface area (TPSA) is 104 Å². The molecule has 1 unspecified atom stereocenters. The Balaban J connectivity index is 2.20. The molecule has 0 aromatic carbocycles. The lowest BCUT2D eigenvalue weighted by molar-refractivity contribution is -0.140. The summed E-state index contributed by atoms with van der Waals surface area (Å²) in [5.41, 5.74) is 0. The number of aliphatic hydroxyl groups excluding tert-OH is 1. The number of carbonyl (C=O) groups is 1. The highest BCUT2D eigenvalue weighted by molar-refractivity contribution is 7.89. The number of aliphatic carboxylic acids is 1. The third-order valence-electron chi connectivity index (χ3n) is 3.44. The van der Waals surface area contributed by atoms with Crippen LogP contribution in [0.15, 0.2) is 0 Å². The van der Waals surface area contributed by atoms with Crippen LogP contribution in [-0.2, 0) is 19.6 Å². The predicted octanol–water partition coefficient (Wildman–Crippen LogP) is -0.985. The van der Waals surface area contributed by atoms with Gasteiger partial charge in [-0.2, -0.15) is 4.31 Å². The zero-order chi connectivity index (χ0) is 13.3. The summed E-state index contributed by atoms with van der Waals surface area (Å²) in [6, 6.07) is -1.15. The minimum atomic E-state index is -3.68. The molecule has 0 spiro atoms. The lowest BCUT2D eigenvalue weighted by atomic mass is 10.2. The van der Waals surface area contributed by atoms with Crippen LogP contribution < -0.4 is 0 Å². The summed E-state index contributed by atoms with van der Waals surface area (Å²) < 4.78 is 30.7. The van der Waals surface area contributed by atoms with Crippen LogP contribution in [0.5, 0.6) is 0 Å². The first-order valence-corrected chi connectivity index (χ1v) is 7.42. The summed E-state index contributed by atoms with van der Waals surface area (Å²) in [6.45, 7) is 0.618. The Hall–Kier alpha value is -0.700. The molecule has 0 radical (unpaired) electrons. The van der Waals surface area contributed by atoms with Gasteiger partial charge < -0.3 is 14.9 Å². The maximum Gasteiger partial charge on any atom is 0.322 e. The summed E-state index contributed by atoms with van der Waals surface area (Å²) >= 11 is 0. The Morgan fingerprint density at radius 3 is 2.44 bits per heavy atom. The quantitative estimate of drug-likeness (QED) is 0.688. The van der Waals surface area contributed by atoms with Crippen LogP contribution in [0.4, 0.5) is 0 Å². The third-order valence-corrected chi connectivity index (χ3v) is 5.81. The van der Waals surface area contributed by atoms with E-state index in [9.17, 15) is 18.3 Å². The highest BCUT2D eigenvalue weighted by atomic mass is 32.2. The van der Waals surface area contributed by atoms with Gasteiger partial charge in [0, 0.05) is 26.2 Å². The molecule has 0 amide bonds. The maximum atomic E-state index is 12.3. The van der Waals surface area contributed by atoms with Crippen molar-refractivity contribution in [3.05, 3.63) is 0 Å². The number of hydrogen-bond donors (Lipinski definition) is 2. The number of carboxylic acid groups (broad SMARTS) is 1. The summed E-state index contributed by atoms with van der Waals surface area (Å²) in [4.78, 5) is 11.0. The third kappa shape index (κ3) is 2.51. The van der Waals surface area contributed by atoms with Gasteiger partial charge >= 0.3 is 5.97 Å². The first-order chi connectivity index (χ1) is 8.43. The van der Waals surface area contributed by atoms with Gasteiger partial charge in [0.05, 0.1) is 11.4 Å². The first kappa shape index (κ1) is 13.7. The molecule has 104 valence electrons. The van der Waals surface area contributed by atoms with Gasteiger partial charge in [-0.3, -0.25) is 4.79 Å². The SMILES string of the molecule is O=C(O)[C@@H]1CC(O)CN1S(=O)(=O)C1CCOCC1. The molecule has 2 N–H and O–H groups in total. The molecular weight excluding hydrogens is 262 g/mol. The van der Waals surface area contributed by atoms with E-state index in [4.69, 9.17) is 9.84 Å². The van der Waals surface area contributed by atoms with Crippen LogP contribution in [0.25, 0.3) is 0 Å². The zero-order valence-corrected chi connectivity index (χ0v) is 10.7. The summed E-state index contributed by atoms with van der Waals surface area (Å²) in [7, 11) is -3.68. The van der Waals surface area contributed by atoms with E-state index >= 15 is 0 Å². The molecule has 2 aliphatic rings. The van der Waals surface area contributed by atoms with E-state index in [0.29, 0.717) is 26.1 Å². The standard InChI is InChI=1S/C10H17NO6S/c12-7-5-9(10(13)14)11(6-7)18(15,16)8-1-3-17-4-2-8/h7-9,12H,1-6H2,(H,13,14)/t7?,9-/m0/s1. The molecule has 0 bridgehead atoms. The maximum absolute atomic E-state index is 12.3. The van der Waals surface area contributed by atoms with Crippen LogP contribution in [0, 0.1) is 0 Å². The molecule has 2 saturated heterocycles. The monoisotopic (exact) mass is 279 g/mol. The van der Waals surface area contributed by atoms with Crippen molar-refractivity contribution in [3.8, 4) is 0 Å². The highest BCUT2D eigenvalue weighted by Crippen LogP contribution is 2.27. The number of β-amino-alcohol motifs (C(OH)–C–C–N with tert-alkyl or cyclic N) is 1. The fourth-order valence-corrected chi connectivity index (χ4v) is 4.54. The summed E-state index contributed by atoms with van der Waals surface area (Å²) in [5.74, 6) is -1.21. The predicted molar refractivity (Wildman–Crippen MR) is 61.5 cm³/mol. The van der Waals surface area contributed by atoms with E-state index in [0.717, 1.165) is 4.31 Å². The summed E-state index contributed by atoms with van der Waals surface area (Å²) in [5, 5.41) is 17.9. The molecule has 0 saturated carbocycles. The molecule has 2 aliphatic heterocycles. The minimum Gasteiger partial charge on any atom is -0.480 e. The van der Waals surface area contributed by atoms with E-state index < -0.39 is 33.4 Å². The van der Waals surface area contributed by atoms with Gasteiger partial charge in [-0.05, 0) is 12.8 Å². The van der Waals surface area contributed by atoms with Gasteiger partial charge in [-0.25, -0.2) is 8.42 Å². The smallest absolute Gasteiger partial charge is 0.322 e. The number of ether oxygens (including phenoxy) is 1. The van der Waals surface area contributed by atoms with Crippen molar-refractivity contribution >= 4 is 16.0 Å². The second-order valence-electron chi connectivity index (χ2n) is 4.67. The zero-order valence-electron chi connectivity index (χ0n) is 9.86. The number of sulfonamides is 1. The van der Waals surface area contributed by atoms with Crippen molar-refractivity contribution in [3.63, 3.8) is 0 Å². The molecule has 0 aromatic heterocycles. The van der Waals surface area contributed by atoms with Crippen molar-refractivity contribution < 1.29 is 28.2 Å². The number of rotatable bonds is 3. The van der Waals surface area contributed by atoms with Crippen LogP contribution in [0.2, 0.25) is 0 Å². The van der Waals surface area contributed by atoms with E-state index in [1.54, 1.807) is 0 Å². The van der Waals surface area contributed by atoms with Crippen molar-refractivity contribution in [2.45, 2.75) is 36.7 Å². The van der Waals surface area contributed by atoms with Crippen molar-refractivity contribution in [2.24, 2.45) is 0 Å². The second kappa shape index (κ2) is 5.12. The van der Waals surface area contributed by atoms with Gasteiger partial charge in [0.15, 0.2) is 0 Å². The van der Waals surface area contributed by atoms with Crippen molar-refractivity contribution in [1.29, 1.82) is 0 Å². The summed E-state index contributed by atoms with van der Waals surface area (Å²) in [6.07, 6.45) is -0.193. The molecule has 2 atom stereocenters. The molecular formula is C10H17NO6S. The van der Waals surface area contributed by atoms with E-state index in [-0.39, 0.29) is 13.0 Å². The lowest BCUT2D eigenvalue weighted by Gasteiger charge is -2.29. The van der Waals surface area contributed by atoms with Crippen LogP contribution in [-0.4, -0.2) is 66.1 Å². The first-order valence-electron chi connectivity index (χ1n) is 5.92. The lowest BCUT2D eigenvalue weighted by Crippen LogP contribution is -2.46.